The molecule has 0 saturated heterocycles. The summed E-state index contributed by atoms with van der Waals surface area (Å²) in [6.07, 6.45) is 0. The molecule has 0 saturated carbocycles. The van der Waals surface area contributed by atoms with Crippen molar-refractivity contribution in [3.8, 4) is 40.7 Å². The maximum atomic E-state index is 9.92. The Morgan fingerprint density at radius 2 is 0.977 bits per heavy atom. The number of nitriles is 3. The first-order valence-electron chi connectivity index (χ1n) is 14.2. The van der Waals surface area contributed by atoms with Crippen LogP contribution >= 0.6 is 0 Å². The summed E-state index contributed by atoms with van der Waals surface area (Å²) in [6, 6.07) is 49.2. The highest BCUT2D eigenvalue weighted by Gasteiger charge is 2.17. The van der Waals surface area contributed by atoms with E-state index < -0.39 is 0 Å². The molecule has 0 aliphatic carbocycles. The summed E-state index contributed by atoms with van der Waals surface area (Å²) in [7, 11) is 0. The van der Waals surface area contributed by atoms with Gasteiger partial charge in [-0.25, -0.2) is 0 Å². The number of hydrogen-bond acceptors (Lipinski definition) is 3. The van der Waals surface area contributed by atoms with Gasteiger partial charge in [-0.3, -0.25) is 0 Å². The lowest BCUT2D eigenvalue weighted by Gasteiger charge is -2.11. The highest BCUT2D eigenvalue weighted by atomic mass is 15.0. The maximum absolute atomic E-state index is 9.92. The van der Waals surface area contributed by atoms with Crippen molar-refractivity contribution in [1.82, 2.24) is 9.13 Å². The number of aromatic nitrogens is 2. The summed E-state index contributed by atoms with van der Waals surface area (Å²) < 4.78 is 4.30. The molecule has 6 aromatic carbocycles. The van der Waals surface area contributed by atoms with Crippen LogP contribution < -0.4 is 0 Å². The van der Waals surface area contributed by atoms with Gasteiger partial charge in [0, 0.05) is 27.2 Å². The number of benzene rings is 6. The van der Waals surface area contributed by atoms with E-state index in [1.165, 1.54) is 0 Å². The number of para-hydroxylation sites is 2. The Labute approximate surface area is 252 Å². The molecule has 0 spiro atoms. The zero-order chi connectivity index (χ0) is 29.8. The van der Waals surface area contributed by atoms with Crippen LogP contribution in [-0.2, 0) is 0 Å². The largest absolute Gasteiger partial charge is 0.309 e. The number of rotatable bonds is 3. The summed E-state index contributed by atoms with van der Waals surface area (Å²) in [5.41, 5.74) is 9.57. The highest BCUT2D eigenvalue weighted by Crippen LogP contribution is 2.38. The van der Waals surface area contributed by atoms with Crippen molar-refractivity contribution < 1.29 is 0 Å². The molecular formula is C39H21N5. The SMILES string of the molecule is N#Cc1cccc(-n2c3ccccc3c3cc(-c4ccc5c(c4)c4ccccc4n5-c4cc(C#N)ccc4C#N)ccc32)c1. The van der Waals surface area contributed by atoms with E-state index in [1.54, 1.807) is 18.2 Å². The third kappa shape index (κ3) is 3.70. The van der Waals surface area contributed by atoms with Crippen molar-refractivity contribution in [1.29, 1.82) is 15.8 Å². The van der Waals surface area contributed by atoms with Crippen LogP contribution in [0.4, 0.5) is 0 Å². The zero-order valence-electron chi connectivity index (χ0n) is 23.4. The van der Waals surface area contributed by atoms with E-state index in [-0.39, 0.29) is 0 Å². The lowest BCUT2D eigenvalue weighted by molar-refractivity contribution is 1.16. The molecule has 8 aromatic rings. The second kappa shape index (κ2) is 9.74. The third-order valence-corrected chi connectivity index (χ3v) is 8.40. The van der Waals surface area contributed by atoms with Crippen LogP contribution in [0.2, 0.25) is 0 Å². The minimum absolute atomic E-state index is 0.508. The average molecular weight is 560 g/mol. The van der Waals surface area contributed by atoms with Crippen LogP contribution in [0.5, 0.6) is 0 Å². The average Bonchev–Trinajstić information content (AvgIpc) is 3.60. The summed E-state index contributed by atoms with van der Waals surface area (Å²) in [6.45, 7) is 0. The fourth-order valence-corrected chi connectivity index (χ4v) is 6.44. The molecule has 0 aliphatic rings. The van der Waals surface area contributed by atoms with E-state index in [1.807, 2.05) is 42.5 Å². The Hall–Kier alpha value is -6.61. The molecule has 0 aliphatic heterocycles. The van der Waals surface area contributed by atoms with Crippen LogP contribution in [0.25, 0.3) is 66.1 Å². The summed E-state index contributed by atoms with van der Waals surface area (Å²) in [5, 5.41) is 33.4. The Balaban J connectivity index is 1.35. The Morgan fingerprint density at radius 3 is 1.61 bits per heavy atom. The summed E-state index contributed by atoms with van der Waals surface area (Å²) >= 11 is 0. The van der Waals surface area contributed by atoms with Crippen molar-refractivity contribution >= 4 is 43.6 Å². The van der Waals surface area contributed by atoms with E-state index >= 15 is 0 Å². The standard InChI is InChI=1S/C39H21N5/c40-22-25-6-5-7-30(18-25)43-35-10-3-1-8-31(35)33-20-27(14-16-37(33)43)28-15-17-38-34(21-28)32-9-2-4-11-36(32)44(38)39-19-26(23-41)12-13-29(39)24-42/h1-21H. The smallest absolute Gasteiger partial charge is 0.101 e. The van der Waals surface area contributed by atoms with Gasteiger partial charge in [-0.2, -0.15) is 15.8 Å². The molecule has 5 heteroatoms. The highest BCUT2D eigenvalue weighted by molar-refractivity contribution is 6.12. The van der Waals surface area contributed by atoms with Gasteiger partial charge in [-0.05, 0) is 83.9 Å². The Morgan fingerprint density at radius 1 is 0.409 bits per heavy atom. The van der Waals surface area contributed by atoms with E-state index in [0.717, 1.165) is 60.4 Å². The predicted molar refractivity (Wildman–Crippen MR) is 175 cm³/mol. The van der Waals surface area contributed by atoms with Gasteiger partial charge in [0.25, 0.3) is 0 Å². The third-order valence-electron chi connectivity index (χ3n) is 8.40. The van der Waals surface area contributed by atoms with Gasteiger partial charge in [0.2, 0.25) is 0 Å². The molecule has 0 N–H and O–H groups in total. The van der Waals surface area contributed by atoms with Crippen LogP contribution in [-0.4, -0.2) is 9.13 Å². The first kappa shape index (κ1) is 25.1. The van der Waals surface area contributed by atoms with Gasteiger partial charge >= 0.3 is 0 Å². The fourth-order valence-electron chi connectivity index (χ4n) is 6.44. The van der Waals surface area contributed by atoms with Crippen molar-refractivity contribution in [3.05, 3.63) is 144 Å². The normalized spacial score (nSPS) is 11.1. The lowest BCUT2D eigenvalue weighted by atomic mass is 10.0. The molecule has 0 unspecified atom stereocenters. The first-order chi connectivity index (χ1) is 21.7. The number of nitrogens with zero attached hydrogens (tertiary/aromatic N) is 5. The van der Waals surface area contributed by atoms with Crippen molar-refractivity contribution in [2.45, 2.75) is 0 Å². The molecule has 8 rings (SSSR count). The van der Waals surface area contributed by atoms with Gasteiger partial charge in [0.15, 0.2) is 0 Å². The van der Waals surface area contributed by atoms with E-state index in [0.29, 0.717) is 22.4 Å². The van der Waals surface area contributed by atoms with E-state index in [4.69, 9.17) is 0 Å². The minimum atomic E-state index is 0.508. The molecule has 0 bridgehead atoms. The molecular weight excluding hydrogens is 538 g/mol. The van der Waals surface area contributed by atoms with Gasteiger partial charge < -0.3 is 9.13 Å². The van der Waals surface area contributed by atoms with Crippen LogP contribution in [0, 0.1) is 34.0 Å². The van der Waals surface area contributed by atoms with Crippen LogP contribution in [0.3, 0.4) is 0 Å². The summed E-state index contributed by atoms with van der Waals surface area (Å²) in [5.74, 6) is 0. The molecule has 5 nitrogen and oxygen atoms in total. The Kier molecular flexibility index (Phi) is 5.56. The second-order valence-corrected chi connectivity index (χ2v) is 10.8. The second-order valence-electron chi connectivity index (χ2n) is 10.8. The van der Waals surface area contributed by atoms with Gasteiger partial charge in [-0.15, -0.1) is 0 Å². The lowest BCUT2D eigenvalue weighted by Crippen LogP contribution is -1.98. The van der Waals surface area contributed by atoms with Crippen molar-refractivity contribution in [3.63, 3.8) is 0 Å². The van der Waals surface area contributed by atoms with Crippen molar-refractivity contribution in [2.75, 3.05) is 0 Å². The molecule has 44 heavy (non-hydrogen) atoms. The number of hydrogen-bond donors (Lipinski definition) is 0. The monoisotopic (exact) mass is 559 g/mol. The molecule has 0 radical (unpaired) electrons. The van der Waals surface area contributed by atoms with Crippen LogP contribution in [0.15, 0.2) is 127 Å². The van der Waals surface area contributed by atoms with Gasteiger partial charge in [0.05, 0.1) is 56.6 Å². The molecule has 0 fully saturated rings. The Bertz CT molecular complexity index is 2600. The zero-order valence-corrected chi connectivity index (χ0v) is 23.4. The maximum Gasteiger partial charge on any atom is 0.101 e. The molecule has 2 heterocycles. The van der Waals surface area contributed by atoms with E-state index in [9.17, 15) is 15.8 Å². The predicted octanol–water partition coefficient (Wildman–Crippen LogP) is 9.16. The topological polar surface area (TPSA) is 81.2 Å². The molecule has 0 amide bonds. The number of fused-ring (bicyclic) bond motifs is 6. The van der Waals surface area contributed by atoms with Gasteiger partial charge in [0.1, 0.15) is 6.07 Å². The fraction of sp³-hybridized carbons (Fsp3) is 0. The molecule has 2 aromatic heterocycles. The minimum Gasteiger partial charge on any atom is -0.309 e. The quantitative estimate of drug-likeness (QED) is 0.216. The van der Waals surface area contributed by atoms with Gasteiger partial charge in [-0.1, -0.05) is 54.6 Å². The first-order valence-corrected chi connectivity index (χ1v) is 14.2. The van der Waals surface area contributed by atoms with E-state index in [2.05, 4.69) is 94.1 Å². The molecule has 0 atom stereocenters. The van der Waals surface area contributed by atoms with Crippen molar-refractivity contribution in [2.24, 2.45) is 0 Å². The van der Waals surface area contributed by atoms with Crippen LogP contribution in [0.1, 0.15) is 16.7 Å². The summed E-state index contributed by atoms with van der Waals surface area (Å²) in [4.78, 5) is 0. The molecule has 202 valence electrons.